The Morgan fingerprint density at radius 3 is 3.08 bits per heavy atom. The Labute approximate surface area is 75.0 Å². The van der Waals surface area contributed by atoms with Crippen LogP contribution in [0, 0.1) is 0 Å². The predicted octanol–water partition coefficient (Wildman–Crippen LogP) is 0.490. The summed E-state index contributed by atoms with van der Waals surface area (Å²) in [5, 5.41) is 10.2. The summed E-state index contributed by atoms with van der Waals surface area (Å²) >= 11 is 0. The first-order valence-electron chi connectivity index (χ1n) is 3.62. The molecule has 0 aliphatic rings. The molecule has 0 atom stereocenters. The number of hydrogen-bond donors (Lipinski definition) is 2. The molecule has 0 aliphatic carbocycles. The fourth-order valence-electron chi connectivity index (χ4n) is 0.693. The smallest absolute Gasteiger partial charge is 0.427 e. The molecule has 0 radical (unpaired) electrons. The monoisotopic (exact) mass is 182 g/mol. The van der Waals surface area contributed by atoms with Crippen LogP contribution < -0.4 is 5.43 Å². The topological polar surface area (TPSA) is 79.4 Å². The van der Waals surface area contributed by atoms with E-state index in [2.05, 4.69) is 25.5 Å². The highest BCUT2D eigenvalue weighted by molar-refractivity contribution is 5.97. The molecule has 0 unspecified atom stereocenters. The Morgan fingerprint density at radius 1 is 1.77 bits per heavy atom. The summed E-state index contributed by atoms with van der Waals surface area (Å²) in [4.78, 5) is 10.6. The van der Waals surface area contributed by atoms with Gasteiger partial charge in [-0.2, -0.15) is 10.2 Å². The number of methoxy groups -OCH3 is 1. The molecule has 70 valence electrons. The van der Waals surface area contributed by atoms with Gasteiger partial charge in [-0.15, -0.1) is 0 Å². The number of amides is 1. The van der Waals surface area contributed by atoms with E-state index in [0.29, 0.717) is 5.71 Å². The van der Waals surface area contributed by atoms with Crippen molar-refractivity contribution >= 4 is 11.8 Å². The lowest BCUT2D eigenvalue weighted by molar-refractivity contribution is 0.171. The summed E-state index contributed by atoms with van der Waals surface area (Å²) in [6.45, 7) is 1.74. The third-order valence-electron chi connectivity index (χ3n) is 1.39. The molecule has 1 aromatic rings. The number of carbonyl (C=O) groups excluding carboxylic acids is 1. The van der Waals surface area contributed by atoms with Crippen molar-refractivity contribution in [3.63, 3.8) is 0 Å². The van der Waals surface area contributed by atoms with Gasteiger partial charge in [-0.3, -0.25) is 5.10 Å². The highest BCUT2D eigenvalue weighted by atomic mass is 16.5. The van der Waals surface area contributed by atoms with Crippen LogP contribution in [-0.2, 0) is 4.74 Å². The van der Waals surface area contributed by atoms with Crippen molar-refractivity contribution in [3.8, 4) is 0 Å². The first-order chi connectivity index (χ1) is 6.24. The lowest BCUT2D eigenvalue weighted by Gasteiger charge is -1.98. The highest BCUT2D eigenvalue weighted by Gasteiger charge is 1.99. The maximum atomic E-state index is 10.6. The average Bonchev–Trinajstić information content (AvgIpc) is 2.66. The largest absolute Gasteiger partial charge is 0.452 e. The summed E-state index contributed by atoms with van der Waals surface area (Å²) in [5.74, 6) is 0. The third-order valence-corrected chi connectivity index (χ3v) is 1.39. The van der Waals surface area contributed by atoms with Crippen LogP contribution in [0.2, 0.25) is 0 Å². The van der Waals surface area contributed by atoms with E-state index in [-0.39, 0.29) is 0 Å². The van der Waals surface area contributed by atoms with E-state index in [1.807, 2.05) is 0 Å². The van der Waals surface area contributed by atoms with Gasteiger partial charge in [0, 0.05) is 6.20 Å². The molecule has 6 nitrogen and oxygen atoms in total. The predicted molar refractivity (Wildman–Crippen MR) is 46.3 cm³/mol. The second-order valence-electron chi connectivity index (χ2n) is 2.27. The van der Waals surface area contributed by atoms with Gasteiger partial charge in [-0.1, -0.05) is 0 Å². The van der Waals surface area contributed by atoms with Gasteiger partial charge in [-0.05, 0) is 13.0 Å². The first kappa shape index (κ1) is 9.24. The van der Waals surface area contributed by atoms with Crippen LogP contribution in [0.4, 0.5) is 4.79 Å². The summed E-state index contributed by atoms with van der Waals surface area (Å²) in [6, 6.07) is 1.75. The van der Waals surface area contributed by atoms with Gasteiger partial charge in [-0.25, -0.2) is 10.2 Å². The van der Waals surface area contributed by atoms with E-state index in [4.69, 9.17) is 0 Å². The fraction of sp³-hybridized carbons (Fsp3) is 0.286. The van der Waals surface area contributed by atoms with Crippen molar-refractivity contribution < 1.29 is 9.53 Å². The number of hydrogen-bond acceptors (Lipinski definition) is 4. The number of H-pyrrole nitrogens is 1. The molecule has 0 saturated carbocycles. The summed E-state index contributed by atoms with van der Waals surface area (Å²) in [5.41, 5.74) is 3.57. The second-order valence-corrected chi connectivity index (χ2v) is 2.27. The molecular weight excluding hydrogens is 172 g/mol. The molecular formula is C7H10N4O2. The van der Waals surface area contributed by atoms with Crippen LogP contribution in [0.1, 0.15) is 12.6 Å². The summed E-state index contributed by atoms with van der Waals surface area (Å²) in [6.07, 6.45) is 1.01. The van der Waals surface area contributed by atoms with Crippen molar-refractivity contribution in [1.29, 1.82) is 0 Å². The third kappa shape index (κ3) is 2.58. The number of aromatic amines is 1. The van der Waals surface area contributed by atoms with Crippen molar-refractivity contribution in [2.45, 2.75) is 6.92 Å². The van der Waals surface area contributed by atoms with Crippen LogP contribution in [-0.4, -0.2) is 29.1 Å². The minimum absolute atomic E-state index is 0.598. The molecule has 6 heteroatoms. The van der Waals surface area contributed by atoms with E-state index >= 15 is 0 Å². The highest BCUT2D eigenvalue weighted by Crippen LogP contribution is 1.93. The quantitative estimate of drug-likeness (QED) is 0.516. The molecule has 0 fully saturated rings. The number of rotatable bonds is 2. The van der Waals surface area contributed by atoms with Crippen LogP contribution in [0.3, 0.4) is 0 Å². The van der Waals surface area contributed by atoms with Crippen LogP contribution >= 0.6 is 0 Å². The maximum absolute atomic E-state index is 10.6. The number of hydrazone groups is 1. The molecule has 1 aromatic heterocycles. The summed E-state index contributed by atoms with van der Waals surface area (Å²) < 4.78 is 4.34. The van der Waals surface area contributed by atoms with Crippen molar-refractivity contribution in [3.05, 3.63) is 18.0 Å². The molecule has 1 heterocycles. The first-order valence-corrected chi connectivity index (χ1v) is 3.62. The van der Waals surface area contributed by atoms with Gasteiger partial charge in [0.25, 0.3) is 0 Å². The van der Waals surface area contributed by atoms with Gasteiger partial charge in [0.2, 0.25) is 0 Å². The van der Waals surface area contributed by atoms with Gasteiger partial charge < -0.3 is 4.74 Å². The van der Waals surface area contributed by atoms with E-state index in [1.54, 1.807) is 19.2 Å². The Bertz CT molecular complexity index is 304. The number of ether oxygens (including phenoxy) is 1. The van der Waals surface area contributed by atoms with Crippen LogP contribution in [0.25, 0.3) is 0 Å². The average molecular weight is 182 g/mol. The molecule has 13 heavy (non-hydrogen) atoms. The SMILES string of the molecule is COC(=O)N/N=C(/C)c1ccn[nH]1. The summed E-state index contributed by atoms with van der Waals surface area (Å²) in [7, 11) is 1.27. The van der Waals surface area contributed by atoms with Gasteiger partial charge in [0.15, 0.2) is 0 Å². The fourth-order valence-corrected chi connectivity index (χ4v) is 0.693. The Hall–Kier alpha value is -1.85. The van der Waals surface area contributed by atoms with E-state index in [1.165, 1.54) is 7.11 Å². The Kier molecular flexibility index (Phi) is 3.02. The zero-order chi connectivity index (χ0) is 9.68. The van der Waals surface area contributed by atoms with Crippen molar-refractivity contribution in [2.24, 2.45) is 5.10 Å². The molecule has 2 N–H and O–H groups in total. The standard InChI is InChI=1S/C7H10N4O2/c1-5(6-3-4-8-10-6)9-11-7(12)13-2/h3-4H,1-2H3,(H,8,10)(H,11,12)/b9-5-. The molecule has 0 aliphatic heterocycles. The number of nitrogens with one attached hydrogen (secondary N) is 2. The number of carbonyl (C=O) groups is 1. The van der Waals surface area contributed by atoms with Gasteiger partial charge >= 0.3 is 6.09 Å². The minimum atomic E-state index is -0.598. The van der Waals surface area contributed by atoms with Crippen molar-refractivity contribution in [1.82, 2.24) is 15.6 Å². The zero-order valence-electron chi connectivity index (χ0n) is 7.37. The normalized spacial score (nSPS) is 11.1. The Morgan fingerprint density at radius 2 is 2.54 bits per heavy atom. The Balaban J connectivity index is 2.57. The van der Waals surface area contributed by atoms with Gasteiger partial charge in [0.1, 0.15) is 0 Å². The minimum Gasteiger partial charge on any atom is -0.452 e. The van der Waals surface area contributed by atoms with Crippen LogP contribution in [0.5, 0.6) is 0 Å². The van der Waals surface area contributed by atoms with E-state index < -0.39 is 6.09 Å². The number of aromatic nitrogens is 2. The van der Waals surface area contributed by atoms with E-state index in [9.17, 15) is 4.79 Å². The van der Waals surface area contributed by atoms with Gasteiger partial charge in [0.05, 0.1) is 18.5 Å². The number of nitrogens with zero attached hydrogens (tertiary/aromatic N) is 2. The molecule has 1 amide bonds. The molecule has 0 aromatic carbocycles. The van der Waals surface area contributed by atoms with Crippen molar-refractivity contribution in [2.75, 3.05) is 7.11 Å². The molecule has 0 spiro atoms. The van der Waals surface area contributed by atoms with Crippen LogP contribution in [0.15, 0.2) is 17.4 Å². The maximum Gasteiger partial charge on any atom is 0.427 e. The molecule has 0 bridgehead atoms. The molecule has 0 saturated heterocycles. The van der Waals surface area contributed by atoms with E-state index in [0.717, 1.165) is 5.69 Å². The lowest BCUT2D eigenvalue weighted by Crippen LogP contribution is -2.18. The lowest BCUT2D eigenvalue weighted by atomic mass is 10.3. The molecule has 1 rings (SSSR count). The second kappa shape index (κ2) is 4.24. The zero-order valence-corrected chi connectivity index (χ0v) is 7.37.